The molecular weight excluding hydrogens is 310 g/mol. The van der Waals surface area contributed by atoms with Crippen molar-refractivity contribution in [1.29, 1.82) is 0 Å². The van der Waals surface area contributed by atoms with Gasteiger partial charge in [0, 0.05) is 25.2 Å². The van der Waals surface area contributed by atoms with Gasteiger partial charge in [-0.3, -0.25) is 9.59 Å². The number of nitrogens with one attached hydrogen (secondary N) is 2. The lowest BCUT2D eigenvalue weighted by Gasteiger charge is -2.34. The molecule has 3 aliphatic rings. The minimum Gasteiger partial charge on any atom is -0.481 e. The Hall–Kier alpha value is -1.79. The minimum absolute atomic E-state index is 0.0137. The molecule has 0 bridgehead atoms. The molecule has 134 valence electrons. The molecule has 2 aliphatic carbocycles. The van der Waals surface area contributed by atoms with Crippen molar-refractivity contribution in [3.05, 3.63) is 0 Å². The summed E-state index contributed by atoms with van der Waals surface area (Å²) < 4.78 is 0. The van der Waals surface area contributed by atoms with Crippen molar-refractivity contribution >= 4 is 17.9 Å². The number of carbonyl (C=O) groups excluding carboxylic acids is 2. The van der Waals surface area contributed by atoms with Gasteiger partial charge in [0.15, 0.2) is 0 Å². The third-order valence-electron chi connectivity index (χ3n) is 5.51. The van der Waals surface area contributed by atoms with Gasteiger partial charge in [-0.05, 0) is 32.1 Å². The summed E-state index contributed by atoms with van der Waals surface area (Å²) in [7, 11) is 0. The Morgan fingerprint density at radius 2 is 1.46 bits per heavy atom. The van der Waals surface area contributed by atoms with E-state index < -0.39 is 11.9 Å². The molecule has 1 heterocycles. The van der Waals surface area contributed by atoms with Crippen LogP contribution in [0.3, 0.4) is 0 Å². The zero-order valence-electron chi connectivity index (χ0n) is 14.0. The van der Waals surface area contributed by atoms with Crippen molar-refractivity contribution in [1.82, 2.24) is 15.5 Å². The zero-order chi connectivity index (χ0) is 17.1. The van der Waals surface area contributed by atoms with Gasteiger partial charge in [0.05, 0.1) is 11.8 Å². The molecule has 3 fully saturated rings. The average molecular weight is 337 g/mol. The number of carbonyl (C=O) groups is 3. The highest BCUT2D eigenvalue weighted by molar-refractivity contribution is 5.89. The van der Waals surface area contributed by atoms with Crippen LogP contribution in [0, 0.1) is 11.8 Å². The molecule has 2 saturated carbocycles. The Kier molecular flexibility index (Phi) is 5.26. The van der Waals surface area contributed by atoms with Crippen molar-refractivity contribution in [2.75, 3.05) is 13.1 Å². The predicted molar refractivity (Wildman–Crippen MR) is 87.4 cm³/mol. The van der Waals surface area contributed by atoms with Gasteiger partial charge >= 0.3 is 12.0 Å². The SMILES string of the molecule is O=C(O)[C@@H]1C[C@H]1C(=O)NC1CCN(C(=O)NC2CCCCC2)CC1. The molecule has 1 saturated heterocycles. The summed E-state index contributed by atoms with van der Waals surface area (Å²) in [5, 5.41) is 14.9. The second kappa shape index (κ2) is 7.40. The number of amides is 3. The number of urea groups is 1. The highest BCUT2D eigenvalue weighted by Gasteiger charge is 2.48. The van der Waals surface area contributed by atoms with Crippen LogP contribution in [0.25, 0.3) is 0 Å². The number of carboxylic acids is 1. The number of hydrogen-bond donors (Lipinski definition) is 3. The van der Waals surface area contributed by atoms with Crippen LogP contribution in [0.1, 0.15) is 51.4 Å². The lowest BCUT2D eigenvalue weighted by molar-refractivity contribution is -0.140. The molecule has 7 heteroatoms. The molecule has 1 aliphatic heterocycles. The number of aliphatic carboxylic acids is 1. The molecule has 0 aromatic rings. The van der Waals surface area contributed by atoms with E-state index >= 15 is 0 Å². The monoisotopic (exact) mass is 337 g/mol. The smallest absolute Gasteiger partial charge is 0.317 e. The predicted octanol–water partition coefficient (Wildman–Crippen LogP) is 1.33. The summed E-state index contributed by atoms with van der Waals surface area (Å²) in [6.45, 7) is 1.27. The molecule has 24 heavy (non-hydrogen) atoms. The maximum absolute atomic E-state index is 12.3. The maximum Gasteiger partial charge on any atom is 0.317 e. The Bertz CT molecular complexity index is 496. The van der Waals surface area contributed by atoms with Crippen LogP contribution in [-0.2, 0) is 9.59 Å². The van der Waals surface area contributed by atoms with E-state index in [-0.39, 0.29) is 23.9 Å². The van der Waals surface area contributed by atoms with Gasteiger partial charge < -0.3 is 20.6 Å². The standard InChI is InChI=1S/C17H27N3O4/c21-15(13-10-14(13)16(22)23)18-12-6-8-20(9-7-12)17(24)19-11-4-2-1-3-5-11/h11-14H,1-10H2,(H,18,21)(H,19,24)(H,22,23)/t13-,14-/m1/s1. The Morgan fingerprint density at radius 1 is 0.833 bits per heavy atom. The summed E-state index contributed by atoms with van der Waals surface area (Å²) >= 11 is 0. The maximum atomic E-state index is 12.3. The highest BCUT2D eigenvalue weighted by Crippen LogP contribution is 2.38. The van der Waals surface area contributed by atoms with E-state index in [4.69, 9.17) is 5.11 Å². The molecule has 0 aromatic carbocycles. The molecule has 0 radical (unpaired) electrons. The second-order valence-electron chi connectivity index (χ2n) is 7.34. The van der Waals surface area contributed by atoms with Crippen LogP contribution in [-0.4, -0.2) is 53.1 Å². The number of nitrogens with zero attached hydrogens (tertiary/aromatic N) is 1. The number of hydrogen-bond acceptors (Lipinski definition) is 3. The summed E-state index contributed by atoms with van der Waals surface area (Å²) in [5.41, 5.74) is 0. The lowest BCUT2D eigenvalue weighted by atomic mass is 9.95. The molecule has 2 atom stereocenters. The van der Waals surface area contributed by atoms with Crippen molar-refractivity contribution in [3.63, 3.8) is 0 Å². The van der Waals surface area contributed by atoms with Gasteiger partial charge in [-0.2, -0.15) is 0 Å². The van der Waals surface area contributed by atoms with Crippen molar-refractivity contribution < 1.29 is 19.5 Å². The van der Waals surface area contributed by atoms with Crippen LogP contribution < -0.4 is 10.6 Å². The Morgan fingerprint density at radius 3 is 2.04 bits per heavy atom. The first kappa shape index (κ1) is 17.0. The van der Waals surface area contributed by atoms with Crippen LogP contribution in [0.15, 0.2) is 0 Å². The third kappa shape index (κ3) is 4.19. The van der Waals surface area contributed by atoms with Crippen LogP contribution in [0.5, 0.6) is 0 Å². The molecule has 3 N–H and O–H groups in total. The molecule has 0 aromatic heterocycles. The average Bonchev–Trinajstić information content (AvgIpc) is 3.37. The van der Waals surface area contributed by atoms with Gasteiger partial charge in [-0.1, -0.05) is 19.3 Å². The van der Waals surface area contributed by atoms with Crippen LogP contribution >= 0.6 is 0 Å². The fraction of sp³-hybridized carbons (Fsp3) is 0.824. The van der Waals surface area contributed by atoms with E-state index in [9.17, 15) is 14.4 Å². The van der Waals surface area contributed by atoms with Gasteiger partial charge in [-0.15, -0.1) is 0 Å². The van der Waals surface area contributed by atoms with Gasteiger partial charge in [0.25, 0.3) is 0 Å². The van der Waals surface area contributed by atoms with Crippen molar-refractivity contribution in [2.45, 2.75) is 63.5 Å². The molecule has 7 nitrogen and oxygen atoms in total. The van der Waals surface area contributed by atoms with Crippen LogP contribution in [0.2, 0.25) is 0 Å². The highest BCUT2D eigenvalue weighted by atomic mass is 16.4. The summed E-state index contributed by atoms with van der Waals surface area (Å²) in [4.78, 5) is 36.9. The number of rotatable bonds is 4. The fourth-order valence-electron chi connectivity index (χ4n) is 3.81. The topological polar surface area (TPSA) is 98.7 Å². The molecule has 3 rings (SSSR count). The van der Waals surface area contributed by atoms with E-state index in [1.165, 1.54) is 19.3 Å². The fourth-order valence-corrected chi connectivity index (χ4v) is 3.81. The molecular formula is C17H27N3O4. The first-order valence-electron chi connectivity index (χ1n) is 9.13. The van der Waals surface area contributed by atoms with E-state index in [0.717, 1.165) is 25.7 Å². The zero-order valence-corrected chi connectivity index (χ0v) is 14.0. The normalized spacial score (nSPS) is 28.2. The van der Waals surface area contributed by atoms with E-state index in [0.29, 0.717) is 25.6 Å². The van der Waals surface area contributed by atoms with E-state index in [2.05, 4.69) is 10.6 Å². The van der Waals surface area contributed by atoms with E-state index in [1.807, 2.05) is 4.90 Å². The van der Waals surface area contributed by atoms with Gasteiger partial charge in [-0.25, -0.2) is 4.79 Å². The van der Waals surface area contributed by atoms with Gasteiger partial charge in [0.2, 0.25) is 5.91 Å². The second-order valence-corrected chi connectivity index (χ2v) is 7.34. The number of carboxylic acid groups (broad SMARTS) is 1. The first-order chi connectivity index (χ1) is 11.5. The summed E-state index contributed by atoms with van der Waals surface area (Å²) in [6.07, 6.45) is 7.71. The minimum atomic E-state index is -0.885. The lowest BCUT2D eigenvalue weighted by Crippen LogP contribution is -2.51. The molecule has 0 spiro atoms. The summed E-state index contributed by atoms with van der Waals surface area (Å²) in [6, 6.07) is 0.373. The molecule has 0 unspecified atom stereocenters. The van der Waals surface area contributed by atoms with Crippen molar-refractivity contribution in [2.24, 2.45) is 11.8 Å². The first-order valence-corrected chi connectivity index (χ1v) is 9.13. The third-order valence-corrected chi connectivity index (χ3v) is 5.51. The van der Waals surface area contributed by atoms with Gasteiger partial charge in [0.1, 0.15) is 0 Å². The van der Waals surface area contributed by atoms with Crippen molar-refractivity contribution in [3.8, 4) is 0 Å². The number of piperidine rings is 1. The summed E-state index contributed by atoms with van der Waals surface area (Å²) in [5.74, 6) is -1.90. The number of likely N-dealkylation sites (tertiary alicyclic amines) is 1. The Balaban J connectivity index is 1.37. The molecule has 3 amide bonds. The Labute approximate surface area is 142 Å². The van der Waals surface area contributed by atoms with E-state index in [1.54, 1.807) is 0 Å². The largest absolute Gasteiger partial charge is 0.481 e. The van der Waals surface area contributed by atoms with Crippen LogP contribution in [0.4, 0.5) is 4.79 Å². The quantitative estimate of drug-likeness (QED) is 0.721.